The van der Waals surface area contributed by atoms with Crippen LogP contribution in [0.3, 0.4) is 0 Å². The molecule has 0 aromatic heterocycles. The third-order valence-corrected chi connectivity index (χ3v) is 2.30. The van der Waals surface area contributed by atoms with Crippen molar-refractivity contribution in [3.05, 3.63) is 0 Å². The van der Waals surface area contributed by atoms with Crippen molar-refractivity contribution >= 4 is 0 Å². The molecule has 3 heteroatoms. The van der Waals surface area contributed by atoms with Crippen LogP contribution in [0.5, 0.6) is 0 Å². The summed E-state index contributed by atoms with van der Waals surface area (Å²) in [6.45, 7) is 8.59. The maximum Gasteiger partial charge on any atom is 0.0701 e. The van der Waals surface area contributed by atoms with Crippen molar-refractivity contribution in [2.75, 3.05) is 33.0 Å². The highest BCUT2D eigenvalue weighted by Crippen LogP contribution is 2.04. The van der Waals surface area contributed by atoms with Gasteiger partial charge in [-0.1, -0.05) is 13.8 Å². The highest BCUT2D eigenvalue weighted by atomic mass is 16.5. The topological polar surface area (TPSA) is 30.5 Å². The van der Waals surface area contributed by atoms with Gasteiger partial charge in [0.05, 0.1) is 19.8 Å². The van der Waals surface area contributed by atoms with E-state index in [2.05, 4.69) is 19.2 Å². The molecule has 1 saturated heterocycles. The van der Waals surface area contributed by atoms with Crippen molar-refractivity contribution in [1.29, 1.82) is 0 Å². The van der Waals surface area contributed by atoms with Crippen LogP contribution in [-0.2, 0) is 9.47 Å². The lowest BCUT2D eigenvalue weighted by Gasteiger charge is -2.11. The van der Waals surface area contributed by atoms with Crippen molar-refractivity contribution in [3.8, 4) is 0 Å². The molecule has 1 aliphatic rings. The summed E-state index contributed by atoms with van der Waals surface area (Å²) in [5.74, 6) is 0.617. The molecule has 0 bridgehead atoms. The predicted molar refractivity (Wildman–Crippen MR) is 57.5 cm³/mol. The second-order valence-electron chi connectivity index (χ2n) is 4.34. The van der Waals surface area contributed by atoms with Crippen LogP contribution in [0.4, 0.5) is 0 Å². The summed E-state index contributed by atoms with van der Waals surface area (Å²) < 4.78 is 10.9. The fourth-order valence-electron chi connectivity index (χ4n) is 1.56. The van der Waals surface area contributed by atoms with Gasteiger partial charge in [-0.2, -0.15) is 0 Å². The first-order chi connectivity index (χ1) is 6.79. The molecule has 0 amide bonds. The second-order valence-corrected chi connectivity index (χ2v) is 4.34. The molecule has 1 fully saturated rings. The van der Waals surface area contributed by atoms with Crippen LogP contribution in [0.15, 0.2) is 0 Å². The Balaban J connectivity index is 1.79. The number of hydrogen-bond donors (Lipinski definition) is 1. The molecule has 0 aromatic rings. The summed E-state index contributed by atoms with van der Waals surface area (Å²) in [6, 6.07) is 0.583. The normalized spacial score (nSPS) is 22.1. The Morgan fingerprint density at radius 2 is 2.07 bits per heavy atom. The third kappa shape index (κ3) is 5.58. The summed E-state index contributed by atoms with van der Waals surface area (Å²) in [7, 11) is 0. The Morgan fingerprint density at radius 3 is 2.71 bits per heavy atom. The van der Waals surface area contributed by atoms with Gasteiger partial charge in [-0.15, -0.1) is 0 Å². The Kier molecular flexibility index (Phi) is 6.15. The lowest BCUT2D eigenvalue weighted by atomic mass is 10.2. The van der Waals surface area contributed by atoms with Gasteiger partial charge in [0.15, 0.2) is 0 Å². The Morgan fingerprint density at radius 1 is 1.29 bits per heavy atom. The number of hydrogen-bond acceptors (Lipinski definition) is 3. The van der Waals surface area contributed by atoms with Crippen LogP contribution in [-0.4, -0.2) is 39.0 Å². The molecule has 84 valence electrons. The van der Waals surface area contributed by atoms with Crippen LogP contribution in [0, 0.1) is 5.92 Å². The lowest BCUT2D eigenvalue weighted by molar-refractivity contribution is 0.0320. The molecule has 1 heterocycles. The first-order valence-corrected chi connectivity index (χ1v) is 5.68. The quantitative estimate of drug-likeness (QED) is 0.632. The maximum absolute atomic E-state index is 5.51. The zero-order valence-corrected chi connectivity index (χ0v) is 9.42. The van der Waals surface area contributed by atoms with E-state index in [-0.39, 0.29) is 0 Å². The van der Waals surface area contributed by atoms with Crippen molar-refractivity contribution in [1.82, 2.24) is 5.32 Å². The lowest BCUT2D eigenvalue weighted by Crippen LogP contribution is -2.27. The van der Waals surface area contributed by atoms with Crippen molar-refractivity contribution in [3.63, 3.8) is 0 Å². The zero-order valence-electron chi connectivity index (χ0n) is 9.42. The van der Waals surface area contributed by atoms with E-state index in [0.717, 1.165) is 33.0 Å². The summed E-state index contributed by atoms with van der Waals surface area (Å²) in [6.07, 6.45) is 2.55. The first-order valence-electron chi connectivity index (χ1n) is 5.68. The van der Waals surface area contributed by atoms with Gasteiger partial charge in [0, 0.05) is 12.6 Å². The van der Waals surface area contributed by atoms with E-state index in [1.807, 2.05) is 0 Å². The van der Waals surface area contributed by atoms with Crippen LogP contribution >= 0.6 is 0 Å². The molecule has 0 radical (unpaired) electrons. The zero-order chi connectivity index (χ0) is 10.2. The summed E-state index contributed by atoms with van der Waals surface area (Å²) in [5, 5.41) is 3.40. The van der Waals surface area contributed by atoms with E-state index >= 15 is 0 Å². The minimum atomic E-state index is 0.583. The smallest absolute Gasteiger partial charge is 0.0701 e. The third-order valence-electron chi connectivity index (χ3n) is 2.30. The Bertz CT molecular complexity index is 133. The van der Waals surface area contributed by atoms with Crippen LogP contribution < -0.4 is 5.32 Å². The van der Waals surface area contributed by atoms with Gasteiger partial charge in [-0.3, -0.25) is 0 Å². The molecular weight excluding hydrogens is 178 g/mol. The Hall–Kier alpha value is -0.120. The van der Waals surface area contributed by atoms with E-state index in [4.69, 9.17) is 9.47 Å². The molecule has 1 N–H and O–H groups in total. The van der Waals surface area contributed by atoms with E-state index in [1.165, 1.54) is 12.8 Å². The highest BCUT2D eigenvalue weighted by Gasteiger charge is 2.13. The number of rotatable bonds is 7. The summed E-state index contributed by atoms with van der Waals surface area (Å²) in [4.78, 5) is 0. The minimum Gasteiger partial charge on any atom is -0.379 e. The maximum atomic E-state index is 5.51. The van der Waals surface area contributed by atoms with E-state index in [0.29, 0.717) is 12.0 Å². The average molecular weight is 201 g/mol. The largest absolute Gasteiger partial charge is 0.379 e. The molecule has 0 saturated carbocycles. The van der Waals surface area contributed by atoms with Gasteiger partial charge >= 0.3 is 0 Å². The highest BCUT2D eigenvalue weighted by molar-refractivity contribution is 4.73. The molecular formula is C11H23NO2. The predicted octanol–water partition coefficient (Wildman–Crippen LogP) is 1.43. The monoisotopic (exact) mass is 201 g/mol. The van der Waals surface area contributed by atoms with E-state index in [9.17, 15) is 0 Å². The van der Waals surface area contributed by atoms with E-state index < -0.39 is 0 Å². The standard InChI is InChI=1S/C11H23NO2/c1-10(2)8-13-6-7-14-9-11-4-3-5-12-11/h10-12H,3-9H2,1-2H3/t11-/m1/s1. The van der Waals surface area contributed by atoms with Gasteiger partial charge in [0.25, 0.3) is 0 Å². The molecule has 3 nitrogen and oxygen atoms in total. The fraction of sp³-hybridized carbons (Fsp3) is 1.00. The summed E-state index contributed by atoms with van der Waals surface area (Å²) in [5.41, 5.74) is 0. The van der Waals surface area contributed by atoms with Crippen LogP contribution in [0.2, 0.25) is 0 Å². The van der Waals surface area contributed by atoms with Crippen LogP contribution in [0.1, 0.15) is 26.7 Å². The first kappa shape index (κ1) is 12.0. The van der Waals surface area contributed by atoms with Gasteiger partial charge in [0.1, 0.15) is 0 Å². The molecule has 0 aliphatic carbocycles. The molecule has 14 heavy (non-hydrogen) atoms. The summed E-state index contributed by atoms with van der Waals surface area (Å²) >= 11 is 0. The SMILES string of the molecule is CC(C)COCCOC[C@H]1CCCN1. The minimum absolute atomic E-state index is 0.583. The number of ether oxygens (including phenoxy) is 2. The average Bonchev–Trinajstić information content (AvgIpc) is 2.63. The van der Waals surface area contributed by atoms with Gasteiger partial charge < -0.3 is 14.8 Å². The second kappa shape index (κ2) is 7.21. The van der Waals surface area contributed by atoms with Crippen molar-refractivity contribution in [2.45, 2.75) is 32.7 Å². The molecule has 1 atom stereocenters. The molecule has 0 unspecified atom stereocenters. The molecule has 1 aliphatic heterocycles. The Labute approximate surface area is 87.2 Å². The van der Waals surface area contributed by atoms with Crippen LogP contribution in [0.25, 0.3) is 0 Å². The molecule has 0 aromatic carbocycles. The molecule has 1 rings (SSSR count). The van der Waals surface area contributed by atoms with Crippen molar-refractivity contribution < 1.29 is 9.47 Å². The van der Waals surface area contributed by atoms with Gasteiger partial charge in [0.2, 0.25) is 0 Å². The molecule has 0 spiro atoms. The van der Waals surface area contributed by atoms with Crippen molar-refractivity contribution in [2.24, 2.45) is 5.92 Å². The van der Waals surface area contributed by atoms with E-state index in [1.54, 1.807) is 0 Å². The van der Waals surface area contributed by atoms with Gasteiger partial charge in [-0.25, -0.2) is 0 Å². The van der Waals surface area contributed by atoms with Gasteiger partial charge in [-0.05, 0) is 25.3 Å². The fourth-order valence-corrected chi connectivity index (χ4v) is 1.56. The number of nitrogens with one attached hydrogen (secondary N) is 1.